The molecular formula is C100H117N19O14. The monoisotopic (exact) mass is 1810 g/mol. The first-order chi connectivity index (χ1) is 64.6. The number of anilines is 15. The lowest BCUT2D eigenvalue weighted by atomic mass is 10.1. The van der Waals surface area contributed by atoms with Crippen LogP contribution in [0.25, 0.3) is 0 Å². The van der Waals surface area contributed by atoms with Crippen LogP contribution in [0.15, 0.2) is 177 Å². The Bertz CT molecular complexity index is 6020. The highest BCUT2D eigenvalue weighted by molar-refractivity contribution is 6.14. The molecule has 0 unspecified atom stereocenters. The Kier molecular flexibility index (Phi) is 31.4. The minimum absolute atomic E-state index is 0.240. The van der Waals surface area contributed by atoms with Gasteiger partial charge in [0.25, 0.3) is 0 Å². The van der Waals surface area contributed by atoms with Gasteiger partial charge in [-0.2, -0.15) is 20.1 Å². The van der Waals surface area contributed by atoms with Gasteiger partial charge in [0.15, 0.2) is 17.5 Å². The first-order valence-corrected chi connectivity index (χ1v) is 44.3. The molecule has 0 atom stereocenters. The number of aryl methyl sites for hydroxylation is 8. The van der Waals surface area contributed by atoms with Gasteiger partial charge in [0, 0.05) is 130 Å². The number of ether oxygens (including phenoxy) is 11. The van der Waals surface area contributed by atoms with Gasteiger partial charge in [-0.25, -0.2) is 44.0 Å². The largest absolute Gasteiger partial charge is 0.497 e. The second-order valence-corrected chi connectivity index (χ2v) is 32.2. The number of methoxy groups -OCH3 is 6. The number of urea groups is 3. The van der Waals surface area contributed by atoms with Crippen molar-refractivity contribution in [2.75, 3.05) is 167 Å². The van der Waals surface area contributed by atoms with Crippen LogP contribution in [0.1, 0.15) is 93.9 Å². The molecule has 2 saturated heterocycles. The van der Waals surface area contributed by atoms with Crippen molar-refractivity contribution in [3.8, 4) is 46.0 Å². The molecule has 0 saturated carbocycles. The number of carbonyl (C=O) groups excluding carboxylic acids is 3. The quantitative estimate of drug-likeness (QED) is 0.0354. The number of rotatable bonds is 28. The fraction of sp³-hybridized carbons (Fsp3) is 0.340. The molecule has 5 N–H and O–H groups in total. The van der Waals surface area contributed by atoms with E-state index in [1.807, 2.05) is 177 Å². The SMILES string of the molecule is CCOCC.COc1ccc(N2C(=O)N(c3c(C)cccc3C)Cc3cnc(Nc4cc(C)c(OCCN5CCOCC5)c(C)c4)nc32)c(OC)c1.COc1ccc(N2C(=O)N(c3c(C)cccc3C)Cc3cnc(Nc4cccc(OCCN)c4)nc32)c(OC)c1.COc1ccc(N2C(=O)N(c3c(C)cccc3C)Cc3cnc(Nc4cnn(C5CCOCC5)c4)nc32)c(OC)c1. The summed E-state index contributed by atoms with van der Waals surface area (Å²) in [4.78, 5) is 83.9. The number of amides is 6. The summed E-state index contributed by atoms with van der Waals surface area (Å²) in [5.74, 6) is 7.33. The maximum Gasteiger partial charge on any atom is 0.335 e. The minimum atomic E-state index is -0.254. The number of hydrogen-bond donors (Lipinski definition) is 4. The molecular weight excluding hydrogens is 1690 g/mol. The van der Waals surface area contributed by atoms with Crippen LogP contribution >= 0.6 is 0 Å². The number of nitrogens with two attached hydrogens (primary N) is 1. The van der Waals surface area contributed by atoms with E-state index in [4.69, 9.17) is 72.8 Å². The average Bonchev–Trinajstić information content (AvgIpc) is 1.36. The summed E-state index contributed by atoms with van der Waals surface area (Å²) in [6.07, 6.45) is 10.9. The molecule has 5 aliphatic rings. The van der Waals surface area contributed by atoms with Crippen LogP contribution in [-0.4, -0.2) is 184 Å². The summed E-state index contributed by atoms with van der Waals surface area (Å²) < 4.78 is 63.0. The summed E-state index contributed by atoms with van der Waals surface area (Å²) in [5, 5.41) is 14.4. The molecule has 0 bridgehead atoms. The highest BCUT2D eigenvalue weighted by Gasteiger charge is 2.41. The maximum absolute atomic E-state index is 14.5. The Morgan fingerprint density at radius 2 is 0.805 bits per heavy atom. The molecule has 0 radical (unpaired) electrons. The Morgan fingerprint density at radius 3 is 1.19 bits per heavy atom. The molecule has 12 aromatic rings. The van der Waals surface area contributed by atoms with Crippen molar-refractivity contribution in [3.05, 3.63) is 238 Å². The lowest BCUT2D eigenvalue weighted by Crippen LogP contribution is -2.46. The Morgan fingerprint density at radius 1 is 0.414 bits per heavy atom. The second kappa shape index (κ2) is 44.0. The van der Waals surface area contributed by atoms with E-state index in [0.29, 0.717) is 138 Å². The van der Waals surface area contributed by atoms with E-state index in [1.54, 1.807) is 145 Å². The van der Waals surface area contributed by atoms with E-state index in [1.165, 1.54) is 0 Å². The standard InChI is InChI=1S/C36H42N6O5.C30H33N7O4.C30H32N6O4.C4H10O/c1-23-8-7-9-24(2)32(23)41-22-27-21-37-35(39-34(27)42(36(41)43)30-11-10-29(44-5)20-31(30)45-6)38-28-18-25(3)33(26(4)19-28)47-17-14-40-12-15-46-16-13-40;1-19-6-5-7-20(2)27(19)35-17-21-15-31-29(33-22-16-32-36(18-22)23-10-12-41-13-11-23)34-28(21)37(30(35)38)25-9-8-24(39-3)14-26(25)40-4;1-19-7-5-8-20(2)27(19)35-18-21-17-32-29(33-22-9-6-10-24(15-22)40-14-13-31)34-28(21)36(30(35)37)25-12-11-23(38-3)16-26(25)39-4;1-3-5-4-2/h7-11,18-21H,12-17,22H2,1-6H3,(H,37,38,39);5-9,14-16,18,23H,10-13,17H2,1-4H3,(H,31,33,34);5-12,15-17H,13-14,18,31H2,1-4H3,(H,32,33,34);3-4H2,1-2H3. The third-order valence-electron chi connectivity index (χ3n) is 23.2. The van der Waals surface area contributed by atoms with Crippen molar-refractivity contribution in [1.82, 2.24) is 44.6 Å². The Labute approximate surface area is 776 Å². The molecule has 9 heterocycles. The molecule has 133 heavy (non-hydrogen) atoms. The van der Waals surface area contributed by atoms with Crippen molar-refractivity contribution >= 4 is 105 Å². The van der Waals surface area contributed by atoms with E-state index in [-0.39, 0.29) is 18.1 Å². The van der Waals surface area contributed by atoms with E-state index >= 15 is 0 Å². The number of benzene rings is 8. The average molecular weight is 1810 g/mol. The van der Waals surface area contributed by atoms with Gasteiger partial charge in [-0.05, 0) is 187 Å². The van der Waals surface area contributed by atoms with E-state index in [9.17, 15) is 14.4 Å². The number of para-hydroxylation sites is 3. The van der Waals surface area contributed by atoms with Gasteiger partial charge in [0.1, 0.15) is 59.2 Å². The number of fused-ring (bicyclic) bond motifs is 3. The second-order valence-electron chi connectivity index (χ2n) is 32.2. The predicted octanol–water partition coefficient (Wildman–Crippen LogP) is 18.7. The van der Waals surface area contributed by atoms with E-state index < -0.39 is 0 Å². The van der Waals surface area contributed by atoms with Crippen LogP contribution in [0.5, 0.6) is 46.0 Å². The van der Waals surface area contributed by atoms with E-state index in [2.05, 4.69) is 40.9 Å². The molecule has 5 aliphatic heterocycles. The van der Waals surface area contributed by atoms with Gasteiger partial charge >= 0.3 is 18.1 Å². The molecule has 0 aliphatic carbocycles. The molecule has 4 aromatic heterocycles. The molecule has 17 rings (SSSR count). The number of morpholine rings is 1. The summed E-state index contributed by atoms with van der Waals surface area (Å²) in [6.45, 7) is 29.9. The smallest absolute Gasteiger partial charge is 0.335 e. The van der Waals surface area contributed by atoms with Crippen LogP contribution < -0.4 is 89.0 Å². The summed E-state index contributed by atoms with van der Waals surface area (Å²) in [6, 6.07) is 45.1. The van der Waals surface area contributed by atoms with Gasteiger partial charge in [-0.1, -0.05) is 60.7 Å². The normalized spacial score (nSPS) is 14.2. The van der Waals surface area contributed by atoms with Gasteiger partial charge < -0.3 is 73.8 Å². The lowest BCUT2D eigenvalue weighted by Gasteiger charge is -2.37. The molecule has 33 heteroatoms. The lowest BCUT2D eigenvalue weighted by molar-refractivity contribution is 0.0322. The maximum atomic E-state index is 14.5. The number of aromatic nitrogens is 8. The molecule has 6 amide bonds. The highest BCUT2D eigenvalue weighted by Crippen LogP contribution is 2.48. The van der Waals surface area contributed by atoms with Gasteiger partial charge in [0.2, 0.25) is 17.8 Å². The zero-order chi connectivity index (χ0) is 93.9. The van der Waals surface area contributed by atoms with Gasteiger partial charge in [-0.3, -0.25) is 24.3 Å². The Hall–Kier alpha value is -14.4. The molecule has 0 spiro atoms. The number of carbonyl (C=O) groups is 3. The first-order valence-electron chi connectivity index (χ1n) is 44.3. The fourth-order valence-electron chi connectivity index (χ4n) is 16.8. The van der Waals surface area contributed by atoms with Gasteiger partial charge in [-0.15, -0.1) is 0 Å². The molecule has 33 nitrogen and oxygen atoms in total. The third kappa shape index (κ3) is 21.8. The van der Waals surface area contributed by atoms with Crippen LogP contribution in [0.3, 0.4) is 0 Å². The third-order valence-corrected chi connectivity index (χ3v) is 23.2. The summed E-state index contributed by atoms with van der Waals surface area (Å²) >= 11 is 0. The van der Waals surface area contributed by atoms with Crippen LogP contribution in [0.2, 0.25) is 0 Å². The van der Waals surface area contributed by atoms with Crippen LogP contribution in [0.4, 0.5) is 101 Å². The number of nitrogens with zero attached hydrogens (tertiary/aromatic N) is 15. The minimum Gasteiger partial charge on any atom is -0.497 e. The van der Waals surface area contributed by atoms with Crippen molar-refractivity contribution in [3.63, 3.8) is 0 Å². The highest BCUT2D eigenvalue weighted by atomic mass is 16.5. The summed E-state index contributed by atoms with van der Waals surface area (Å²) in [7, 11) is 9.47. The molecule has 8 aromatic carbocycles. The fourth-order valence-corrected chi connectivity index (χ4v) is 16.8. The van der Waals surface area contributed by atoms with Crippen LogP contribution in [0, 0.1) is 55.4 Å². The summed E-state index contributed by atoms with van der Waals surface area (Å²) in [5.41, 5.74) is 22.5. The zero-order valence-corrected chi connectivity index (χ0v) is 78.3. The first kappa shape index (κ1) is 94.7. The zero-order valence-electron chi connectivity index (χ0n) is 78.3. The van der Waals surface area contributed by atoms with Crippen molar-refractivity contribution in [1.29, 1.82) is 0 Å². The predicted molar refractivity (Wildman–Crippen MR) is 517 cm³/mol. The molecule has 696 valence electrons. The van der Waals surface area contributed by atoms with E-state index in [0.717, 1.165) is 173 Å². The van der Waals surface area contributed by atoms with Crippen molar-refractivity contribution in [2.45, 2.75) is 108 Å². The molecule has 2 fully saturated rings. The van der Waals surface area contributed by atoms with Crippen molar-refractivity contribution in [2.24, 2.45) is 5.73 Å². The number of hydrogen-bond acceptors (Lipinski definition) is 26. The topological polar surface area (TPSA) is 333 Å². The number of nitrogens with one attached hydrogen (secondary N) is 3. The van der Waals surface area contributed by atoms with Gasteiger partial charge in [0.05, 0.1) is 128 Å². The van der Waals surface area contributed by atoms with Crippen molar-refractivity contribution < 1.29 is 66.5 Å². The Balaban J connectivity index is 0.000000157. The van der Waals surface area contributed by atoms with Crippen LogP contribution in [-0.2, 0) is 33.8 Å².